The fourth-order valence-electron chi connectivity index (χ4n) is 0.602. The lowest BCUT2D eigenvalue weighted by Crippen LogP contribution is -2.34. The fourth-order valence-corrected chi connectivity index (χ4v) is 0.602. The van der Waals surface area contributed by atoms with Gasteiger partial charge in [0, 0.05) is 18.1 Å². The van der Waals surface area contributed by atoms with Gasteiger partial charge in [0.15, 0.2) is 0 Å². The first-order valence-electron chi connectivity index (χ1n) is 3.00. The van der Waals surface area contributed by atoms with E-state index in [1.165, 1.54) is 0 Å². The van der Waals surface area contributed by atoms with Gasteiger partial charge in [-0.25, -0.2) is 10.6 Å². The number of pyridine rings is 1. The first-order chi connectivity index (χ1) is 5.33. The number of hydrazine groups is 1. The summed E-state index contributed by atoms with van der Waals surface area (Å²) in [4.78, 5) is 14.4. The van der Waals surface area contributed by atoms with E-state index in [9.17, 15) is 4.79 Å². The maximum Gasteiger partial charge on any atom is 0.333 e. The van der Waals surface area contributed by atoms with E-state index in [1.54, 1.807) is 24.5 Å². The van der Waals surface area contributed by atoms with Crippen molar-refractivity contribution in [1.29, 1.82) is 0 Å². The number of urea groups is 1. The number of carbonyl (C=O) groups excluding carboxylic acids is 1. The Hall–Kier alpha value is -1.62. The van der Waals surface area contributed by atoms with Crippen molar-refractivity contribution >= 4 is 11.7 Å². The summed E-state index contributed by atoms with van der Waals surface area (Å²) in [5.74, 6) is 4.84. The summed E-state index contributed by atoms with van der Waals surface area (Å²) in [6.45, 7) is 0. The molecule has 1 aromatic heterocycles. The maximum absolute atomic E-state index is 10.6. The SMILES string of the molecule is NNC(=O)Nc1ccncc1. The molecule has 0 aliphatic rings. The second-order valence-electron chi connectivity index (χ2n) is 1.83. The largest absolute Gasteiger partial charge is 0.333 e. The molecule has 0 bridgehead atoms. The second kappa shape index (κ2) is 3.52. The molecule has 0 saturated carbocycles. The maximum atomic E-state index is 10.6. The highest BCUT2D eigenvalue weighted by Crippen LogP contribution is 2.01. The minimum Gasteiger partial charge on any atom is -0.307 e. The Balaban J connectivity index is 2.58. The van der Waals surface area contributed by atoms with Crippen LogP contribution in [0.5, 0.6) is 0 Å². The molecule has 11 heavy (non-hydrogen) atoms. The van der Waals surface area contributed by atoms with Gasteiger partial charge in [-0.05, 0) is 12.1 Å². The average molecular weight is 152 g/mol. The Labute approximate surface area is 63.6 Å². The molecule has 58 valence electrons. The van der Waals surface area contributed by atoms with Gasteiger partial charge in [0.05, 0.1) is 0 Å². The van der Waals surface area contributed by atoms with Gasteiger partial charge in [0.1, 0.15) is 0 Å². The van der Waals surface area contributed by atoms with Crippen LogP contribution in [0.4, 0.5) is 10.5 Å². The van der Waals surface area contributed by atoms with E-state index in [0.29, 0.717) is 5.69 Å². The molecule has 2 amide bonds. The number of rotatable bonds is 1. The van der Waals surface area contributed by atoms with Crippen LogP contribution in [0.15, 0.2) is 24.5 Å². The van der Waals surface area contributed by atoms with Gasteiger partial charge in [-0.2, -0.15) is 0 Å². The number of nitrogens with one attached hydrogen (secondary N) is 2. The molecule has 0 radical (unpaired) electrons. The topological polar surface area (TPSA) is 80.0 Å². The number of anilines is 1. The van der Waals surface area contributed by atoms with Gasteiger partial charge in [-0.1, -0.05) is 0 Å². The third-order valence-corrected chi connectivity index (χ3v) is 1.07. The molecule has 0 atom stereocenters. The highest BCUT2D eigenvalue weighted by molar-refractivity contribution is 5.88. The van der Waals surface area contributed by atoms with Crippen molar-refractivity contribution in [1.82, 2.24) is 10.4 Å². The summed E-state index contributed by atoms with van der Waals surface area (Å²) in [6.07, 6.45) is 3.15. The number of amides is 2. The van der Waals surface area contributed by atoms with Crippen LogP contribution >= 0.6 is 0 Å². The molecule has 0 unspecified atom stereocenters. The number of aromatic nitrogens is 1. The van der Waals surface area contributed by atoms with Crippen LogP contribution in [0.1, 0.15) is 0 Å². The fraction of sp³-hybridized carbons (Fsp3) is 0. The van der Waals surface area contributed by atoms with Crippen molar-refractivity contribution in [3.63, 3.8) is 0 Å². The van der Waals surface area contributed by atoms with Crippen molar-refractivity contribution in [2.45, 2.75) is 0 Å². The van der Waals surface area contributed by atoms with Crippen LogP contribution in [0.3, 0.4) is 0 Å². The van der Waals surface area contributed by atoms with Gasteiger partial charge < -0.3 is 5.32 Å². The summed E-state index contributed by atoms with van der Waals surface area (Å²) in [7, 11) is 0. The molecule has 0 aliphatic carbocycles. The van der Waals surface area contributed by atoms with Gasteiger partial charge >= 0.3 is 6.03 Å². The third kappa shape index (κ3) is 2.23. The zero-order chi connectivity index (χ0) is 8.10. The van der Waals surface area contributed by atoms with E-state index < -0.39 is 6.03 Å². The van der Waals surface area contributed by atoms with Crippen LogP contribution < -0.4 is 16.6 Å². The smallest absolute Gasteiger partial charge is 0.307 e. The van der Waals surface area contributed by atoms with Crippen molar-refractivity contribution in [2.24, 2.45) is 5.84 Å². The Morgan fingerprint density at radius 3 is 2.64 bits per heavy atom. The summed E-state index contributed by atoms with van der Waals surface area (Å²) in [6, 6.07) is 2.88. The summed E-state index contributed by atoms with van der Waals surface area (Å²) >= 11 is 0. The first kappa shape index (κ1) is 7.49. The quantitative estimate of drug-likeness (QED) is 0.303. The van der Waals surface area contributed by atoms with E-state index in [2.05, 4.69) is 10.3 Å². The monoisotopic (exact) mass is 152 g/mol. The molecular formula is C6H8N4O. The highest BCUT2D eigenvalue weighted by atomic mass is 16.2. The summed E-state index contributed by atoms with van der Waals surface area (Å²) < 4.78 is 0. The average Bonchev–Trinajstić information content (AvgIpc) is 2.06. The van der Waals surface area contributed by atoms with Crippen molar-refractivity contribution in [2.75, 3.05) is 5.32 Å². The van der Waals surface area contributed by atoms with Crippen LogP contribution in [0.2, 0.25) is 0 Å². The van der Waals surface area contributed by atoms with E-state index in [4.69, 9.17) is 5.84 Å². The highest BCUT2D eigenvalue weighted by Gasteiger charge is 1.95. The Kier molecular flexibility index (Phi) is 2.40. The van der Waals surface area contributed by atoms with Gasteiger partial charge in [0.25, 0.3) is 0 Å². The van der Waals surface area contributed by atoms with E-state index in [0.717, 1.165) is 0 Å². The molecule has 1 aromatic rings. The lowest BCUT2D eigenvalue weighted by Gasteiger charge is -2.01. The molecule has 1 heterocycles. The molecule has 0 saturated heterocycles. The molecule has 5 nitrogen and oxygen atoms in total. The number of carbonyl (C=O) groups is 1. The minimum atomic E-state index is -0.448. The van der Waals surface area contributed by atoms with Crippen molar-refractivity contribution < 1.29 is 4.79 Å². The van der Waals surface area contributed by atoms with E-state index >= 15 is 0 Å². The summed E-state index contributed by atoms with van der Waals surface area (Å²) in [5.41, 5.74) is 2.60. The van der Waals surface area contributed by atoms with Crippen LogP contribution in [0.25, 0.3) is 0 Å². The van der Waals surface area contributed by atoms with E-state index in [1.807, 2.05) is 5.43 Å². The zero-order valence-electron chi connectivity index (χ0n) is 5.74. The lowest BCUT2D eigenvalue weighted by atomic mass is 10.4. The minimum absolute atomic E-state index is 0.448. The Morgan fingerprint density at radius 1 is 1.45 bits per heavy atom. The third-order valence-electron chi connectivity index (χ3n) is 1.07. The lowest BCUT2D eigenvalue weighted by molar-refractivity contribution is 0.252. The number of hydrogen-bond donors (Lipinski definition) is 3. The van der Waals surface area contributed by atoms with Crippen molar-refractivity contribution in [3.8, 4) is 0 Å². The first-order valence-corrected chi connectivity index (χ1v) is 3.00. The van der Waals surface area contributed by atoms with Gasteiger partial charge in [0.2, 0.25) is 0 Å². The number of nitrogens with two attached hydrogens (primary N) is 1. The van der Waals surface area contributed by atoms with Crippen LogP contribution in [0, 0.1) is 0 Å². The molecule has 0 aliphatic heterocycles. The normalized spacial score (nSPS) is 8.82. The standard InChI is InChI=1S/C6H8N4O/c7-10-6(11)9-5-1-3-8-4-2-5/h1-4H,7H2,(H2,8,9,10,11). The Morgan fingerprint density at radius 2 is 2.09 bits per heavy atom. The molecule has 0 spiro atoms. The van der Waals surface area contributed by atoms with Crippen LogP contribution in [-0.2, 0) is 0 Å². The second-order valence-corrected chi connectivity index (χ2v) is 1.83. The summed E-state index contributed by atoms with van der Waals surface area (Å²) in [5, 5.41) is 2.48. The number of hydrogen-bond acceptors (Lipinski definition) is 3. The molecular weight excluding hydrogens is 144 g/mol. The number of nitrogens with zero attached hydrogens (tertiary/aromatic N) is 1. The predicted molar refractivity (Wildman–Crippen MR) is 40.6 cm³/mol. The van der Waals surface area contributed by atoms with Gasteiger partial charge in [-0.15, -0.1) is 0 Å². The molecule has 0 fully saturated rings. The van der Waals surface area contributed by atoms with Crippen LogP contribution in [-0.4, -0.2) is 11.0 Å². The van der Waals surface area contributed by atoms with Crippen molar-refractivity contribution in [3.05, 3.63) is 24.5 Å². The Bertz CT molecular complexity index is 236. The molecule has 4 N–H and O–H groups in total. The predicted octanol–water partition coefficient (Wildman–Crippen LogP) is 0.0768. The molecule has 0 aromatic carbocycles. The van der Waals surface area contributed by atoms with E-state index in [-0.39, 0.29) is 0 Å². The van der Waals surface area contributed by atoms with Gasteiger partial charge in [-0.3, -0.25) is 10.4 Å². The molecule has 1 rings (SSSR count). The molecule has 5 heteroatoms. The zero-order valence-corrected chi connectivity index (χ0v) is 5.74.